The molecule has 0 aliphatic rings. The SMILES string of the molecule is CCCCOc1cc(CNCCC)cc(C)n1. The van der Waals surface area contributed by atoms with Gasteiger partial charge in [-0.2, -0.15) is 0 Å². The highest BCUT2D eigenvalue weighted by Gasteiger charge is 2.01. The van der Waals surface area contributed by atoms with Crippen LogP contribution in [0.5, 0.6) is 5.88 Å². The first kappa shape index (κ1) is 14.0. The molecule has 0 bridgehead atoms. The van der Waals surface area contributed by atoms with Crippen molar-refractivity contribution in [3.8, 4) is 5.88 Å². The lowest BCUT2D eigenvalue weighted by molar-refractivity contribution is 0.297. The number of unbranched alkanes of at least 4 members (excludes halogenated alkanes) is 1. The van der Waals surface area contributed by atoms with Gasteiger partial charge in [0.1, 0.15) is 0 Å². The molecule has 0 spiro atoms. The number of pyridine rings is 1. The van der Waals surface area contributed by atoms with E-state index in [0.717, 1.165) is 50.5 Å². The molecule has 0 saturated carbocycles. The van der Waals surface area contributed by atoms with Crippen molar-refractivity contribution >= 4 is 0 Å². The lowest BCUT2D eigenvalue weighted by atomic mass is 10.2. The van der Waals surface area contributed by atoms with Gasteiger partial charge in [-0.25, -0.2) is 4.98 Å². The summed E-state index contributed by atoms with van der Waals surface area (Å²) in [5.41, 5.74) is 2.27. The van der Waals surface area contributed by atoms with Crippen LogP contribution in [0.25, 0.3) is 0 Å². The van der Waals surface area contributed by atoms with Crippen LogP contribution in [0, 0.1) is 6.92 Å². The predicted octanol–water partition coefficient (Wildman–Crippen LogP) is 3.07. The Hall–Kier alpha value is -1.09. The summed E-state index contributed by atoms with van der Waals surface area (Å²) in [4.78, 5) is 4.38. The van der Waals surface area contributed by atoms with Crippen LogP contribution in [0.4, 0.5) is 0 Å². The molecule has 1 N–H and O–H groups in total. The van der Waals surface area contributed by atoms with Gasteiger partial charge in [-0.1, -0.05) is 20.3 Å². The lowest BCUT2D eigenvalue weighted by Gasteiger charge is -2.09. The maximum absolute atomic E-state index is 5.64. The number of hydrogen-bond donors (Lipinski definition) is 1. The number of aryl methyl sites for hydroxylation is 1. The Labute approximate surface area is 105 Å². The van der Waals surface area contributed by atoms with E-state index in [-0.39, 0.29) is 0 Å². The number of hydrogen-bond acceptors (Lipinski definition) is 3. The Morgan fingerprint density at radius 1 is 1.24 bits per heavy atom. The fourth-order valence-electron chi connectivity index (χ4n) is 1.61. The maximum atomic E-state index is 5.64. The molecular formula is C14H24N2O. The fraction of sp³-hybridized carbons (Fsp3) is 0.643. The number of rotatable bonds is 8. The molecular weight excluding hydrogens is 212 g/mol. The molecule has 0 amide bonds. The minimum Gasteiger partial charge on any atom is -0.478 e. The van der Waals surface area contributed by atoms with Crippen LogP contribution in [-0.2, 0) is 6.54 Å². The van der Waals surface area contributed by atoms with Crippen molar-refractivity contribution in [3.63, 3.8) is 0 Å². The van der Waals surface area contributed by atoms with Crippen molar-refractivity contribution in [1.82, 2.24) is 10.3 Å². The molecule has 0 fully saturated rings. The maximum Gasteiger partial charge on any atom is 0.213 e. The van der Waals surface area contributed by atoms with Crippen molar-refractivity contribution in [2.24, 2.45) is 0 Å². The summed E-state index contributed by atoms with van der Waals surface area (Å²) in [7, 11) is 0. The van der Waals surface area contributed by atoms with Crippen molar-refractivity contribution < 1.29 is 4.74 Å². The zero-order valence-electron chi connectivity index (χ0n) is 11.3. The number of nitrogens with zero attached hydrogens (tertiary/aromatic N) is 1. The molecule has 3 heteroatoms. The first-order valence-corrected chi connectivity index (χ1v) is 6.57. The molecule has 3 nitrogen and oxygen atoms in total. The van der Waals surface area contributed by atoms with Crippen molar-refractivity contribution in [2.75, 3.05) is 13.2 Å². The van der Waals surface area contributed by atoms with Gasteiger partial charge >= 0.3 is 0 Å². The summed E-state index contributed by atoms with van der Waals surface area (Å²) in [6.45, 7) is 9.04. The first-order chi connectivity index (χ1) is 8.26. The average molecular weight is 236 g/mol. The van der Waals surface area contributed by atoms with Gasteiger partial charge in [0, 0.05) is 18.3 Å². The summed E-state index contributed by atoms with van der Waals surface area (Å²) in [5.74, 6) is 0.756. The smallest absolute Gasteiger partial charge is 0.213 e. The Morgan fingerprint density at radius 3 is 2.76 bits per heavy atom. The molecule has 1 aromatic rings. The molecule has 0 aromatic carbocycles. The van der Waals surface area contributed by atoms with E-state index in [1.54, 1.807) is 0 Å². The number of ether oxygens (including phenoxy) is 1. The number of aromatic nitrogens is 1. The fourth-order valence-corrected chi connectivity index (χ4v) is 1.61. The van der Waals surface area contributed by atoms with Crippen LogP contribution >= 0.6 is 0 Å². The molecule has 1 aromatic heterocycles. The highest BCUT2D eigenvalue weighted by Crippen LogP contribution is 2.12. The second-order valence-electron chi connectivity index (χ2n) is 4.33. The second kappa shape index (κ2) is 8.07. The molecule has 0 aliphatic heterocycles. The standard InChI is InChI=1S/C14H24N2O/c1-4-6-8-17-14-10-13(9-12(3)16-14)11-15-7-5-2/h9-10,15H,4-8,11H2,1-3H3. The van der Waals surface area contributed by atoms with Gasteiger partial charge < -0.3 is 10.1 Å². The van der Waals surface area contributed by atoms with Crippen LogP contribution in [0.15, 0.2) is 12.1 Å². The summed E-state index contributed by atoms with van der Waals surface area (Å²) in [5, 5.41) is 3.39. The molecule has 0 aliphatic carbocycles. The zero-order valence-corrected chi connectivity index (χ0v) is 11.3. The Morgan fingerprint density at radius 2 is 2.06 bits per heavy atom. The first-order valence-electron chi connectivity index (χ1n) is 6.57. The van der Waals surface area contributed by atoms with Crippen LogP contribution in [0.3, 0.4) is 0 Å². The normalized spacial score (nSPS) is 10.5. The van der Waals surface area contributed by atoms with E-state index in [4.69, 9.17) is 4.74 Å². The van der Waals surface area contributed by atoms with Gasteiger partial charge in [-0.15, -0.1) is 0 Å². The van der Waals surface area contributed by atoms with Gasteiger partial charge in [0.2, 0.25) is 5.88 Å². The largest absolute Gasteiger partial charge is 0.478 e. The van der Waals surface area contributed by atoms with Crippen LogP contribution in [0.2, 0.25) is 0 Å². The summed E-state index contributed by atoms with van der Waals surface area (Å²) >= 11 is 0. The zero-order chi connectivity index (χ0) is 12.5. The van der Waals surface area contributed by atoms with Crippen molar-refractivity contribution in [2.45, 2.75) is 46.6 Å². The summed E-state index contributed by atoms with van der Waals surface area (Å²) in [6, 6.07) is 4.14. The van der Waals surface area contributed by atoms with Crippen molar-refractivity contribution in [3.05, 3.63) is 23.4 Å². The van der Waals surface area contributed by atoms with E-state index in [1.165, 1.54) is 5.56 Å². The molecule has 1 heterocycles. The topological polar surface area (TPSA) is 34.1 Å². The van der Waals surface area contributed by atoms with Gasteiger partial charge in [-0.3, -0.25) is 0 Å². The second-order valence-corrected chi connectivity index (χ2v) is 4.33. The molecule has 0 saturated heterocycles. The van der Waals surface area contributed by atoms with E-state index in [2.05, 4.69) is 30.2 Å². The quantitative estimate of drug-likeness (QED) is 0.704. The minimum atomic E-state index is 0.756. The van der Waals surface area contributed by atoms with E-state index in [9.17, 15) is 0 Å². The Balaban J connectivity index is 2.53. The molecule has 0 unspecified atom stereocenters. The van der Waals surface area contributed by atoms with Gasteiger partial charge in [-0.05, 0) is 37.9 Å². The summed E-state index contributed by atoms with van der Waals surface area (Å²) < 4.78 is 5.64. The molecule has 0 atom stereocenters. The third-order valence-electron chi connectivity index (χ3n) is 2.49. The highest BCUT2D eigenvalue weighted by molar-refractivity contribution is 5.24. The van der Waals surface area contributed by atoms with Gasteiger partial charge in [0.05, 0.1) is 6.61 Å². The Kier molecular flexibility index (Phi) is 6.63. The monoisotopic (exact) mass is 236 g/mol. The van der Waals surface area contributed by atoms with E-state index in [0.29, 0.717) is 0 Å². The molecule has 0 radical (unpaired) electrons. The van der Waals surface area contributed by atoms with Crippen LogP contribution in [-0.4, -0.2) is 18.1 Å². The third-order valence-corrected chi connectivity index (χ3v) is 2.49. The van der Waals surface area contributed by atoms with Crippen LogP contribution < -0.4 is 10.1 Å². The number of nitrogens with one attached hydrogen (secondary N) is 1. The van der Waals surface area contributed by atoms with E-state index >= 15 is 0 Å². The minimum absolute atomic E-state index is 0.756. The van der Waals surface area contributed by atoms with Gasteiger partial charge in [0.15, 0.2) is 0 Å². The van der Waals surface area contributed by atoms with Crippen LogP contribution in [0.1, 0.15) is 44.4 Å². The average Bonchev–Trinajstić information content (AvgIpc) is 2.29. The van der Waals surface area contributed by atoms with E-state index < -0.39 is 0 Å². The van der Waals surface area contributed by atoms with Crippen molar-refractivity contribution in [1.29, 1.82) is 0 Å². The molecule has 96 valence electrons. The predicted molar refractivity (Wildman–Crippen MR) is 71.4 cm³/mol. The van der Waals surface area contributed by atoms with Gasteiger partial charge in [0.25, 0.3) is 0 Å². The Bertz CT molecular complexity index is 298. The summed E-state index contributed by atoms with van der Waals surface area (Å²) in [6.07, 6.45) is 3.39. The lowest BCUT2D eigenvalue weighted by Crippen LogP contribution is -2.14. The molecule has 1 rings (SSSR count). The highest BCUT2D eigenvalue weighted by atomic mass is 16.5. The molecule has 17 heavy (non-hydrogen) atoms. The van der Waals surface area contributed by atoms with E-state index in [1.807, 2.05) is 13.0 Å². The third kappa shape index (κ3) is 5.68.